The van der Waals surface area contributed by atoms with Crippen LogP contribution in [0.5, 0.6) is 0 Å². The van der Waals surface area contributed by atoms with E-state index >= 15 is 0 Å². The van der Waals surface area contributed by atoms with Crippen molar-refractivity contribution in [1.29, 1.82) is 0 Å². The van der Waals surface area contributed by atoms with Gasteiger partial charge in [0.1, 0.15) is 0 Å². The molecule has 1 amide bonds. The molecule has 5 nitrogen and oxygen atoms in total. The molecule has 0 saturated carbocycles. The van der Waals surface area contributed by atoms with Crippen LogP contribution in [0.25, 0.3) is 0 Å². The number of nitrogens with one attached hydrogen (secondary N) is 2. The van der Waals surface area contributed by atoms with Crippen LogP contribution in [0.15, 0.2) is 64.1 Å². The van der Waals surface area contributed by atoms with Crippen molar-refractivity contribution in [3.8, 4) is 0 Å². The molecule has 0 aliphatic heterocycles. The van der Waals surface area contributed by atoms with Crippen molar-refractivity contribution in [2.24, 2.45) is 4.99 Å². The van der Waals surface area contributed by atoms with Crippen molar-refractivity contribution < 1.29 is 4.79 Å². The second-order valence-corrected chi connectivity index (χ2v) is 6.49. The van der Waals surface area contributed by atoms with Crippen molar-refractivity contribution >= 4 is 51.8 Å². The number of hydrogen-bond acceptors (Lipinski definition) is 2. The van der Waals surface area contributed by atoms with Crippen LogP contribution in [0.3, 0.4) is 0 Å². The van der Waals surface area contributed by atoms with Crippen molar-refractivity contribution in [1.82, 2.24) is 15.5 Å². The predicted molar refractivity (Wildman–Crippen MR) is 121 cm³/mol. The second-order valence-electron chi connectivity index (χ2n) is 5.58. The number of amides is 1. The lowest BCUT2D eigenvalue weighted by Gasteiger charge is -2.22. The second kappa shape index (κ2) is 11.9. The van der Waals surface area contributed by atoms with Gasteiger partial charge in [0, 0.05) is 43.8 Å². The summed E-state index contributed by atoms with van der Waals surface area (Å²) in [5.74, 6) is 0.712. The zero-order chi connectivity index (χ0) is 18.1. The number of halogens is 2. The Morgan fingerprint density at radius 3 is 2.27 bits per heavy atom. The number of hydrogen-bond donors (Lipinski definition) is 2. The van der Waals surface area contributed by atoms with Gasteiger partial charge in [0.05, 0.1) is 0 Å². The molecule has 0 unspecified atom stereocenters. The average molecular weight is 531 g/mol. The molecule has 26 heavy (non-hydrogen) atoms. The fraction of sp³-hybridized carbons (Fsp3) is 0.263. The summed E-state index contributed by atoms with van der Waals surface area (Å²) in [6, 6.07) is 17.5. The van der Waals surface area contributed by atoms with Crippen molar-refractivity contribution in [3.05, 3.63) is 70.2 Å². The highest BCUT2D eigenvalue weighted by Crippen LogP contribution is 2.10. The minimum Gasteiger partial charge on any atom is -0.354 e. The van der Waals surface area contributed by atoms with Crippen LogP contribution in [-0.4, -0.2) is 44.0 Å². The molecule has 2 aromatic rings. The van der Waals surface area contributed by atoms with E-state index in [9.17, 15) is 4.79 Å². The van der Waals surface area contributed by atoms with E-state index in [1.807, 2.05) is 42.3 Å². The molecule has 0 aliphatic rings. The zero-order valence-corrected chi connectivity index (χ0v) is 18.8. The fourth-order valence-corrected chi connectivity index (χ4v) is 2.63. The van der Waals surface area contributed by atoms with Crippen molar-refractivity contribution in [3.63, 3.8) is 0 Å². The number of carbonyl (C=O) groups excluding carboxylic acids is 1. The largest absolute Gasteiger partial charge is 0.354 e. The molecule has 0 bridgehead atoms. The van der Waals surface area contributed by atoms with Gasteiger partial charge in [-0.25, -0.2) is 0 Å². The third-order valence-corrected chi connectivity index (χ3v) is 4.16. The van der Waals surface area contributed by atoms with Crippen molar-refractivity contribution in [2.75, 3.05) is 27.2 Å². The molecule has 0 fully saturated rings. The lowest BCUT2D eigenvalue weighted by atomic mass is 10.2. The number of nitrogens with zero attached hydrogens (tertiary/aromatic N) is 2. The van der Waals surface area contributed by atoms with Crippen LogP contribution in [0.1, 0.15) is 15.9 Å². The smallest absolute Gasteiger partial charge is 0.251 e. The normalized spacial score (nSPS) is 10.7. The van der Waals surface area contributed by atoms with Gasteiger partial charge in [0.15, 0.2) is 5.96 Å². The maximum atomic E-state index is 12.1. The maximum absolute atomic E-state index is 12.1. The lowest BCUT2D eigenvalue weighted by molar-refractivity contribution is 0.0954. The third-order valence-electron chi connectivity index (χ3n) is 3.64. The minimum absolute atomic E-state index is 0. The quantitative estimate of drug-likeness (QED) is 0.260. The number of guanidine groups is 1. The Kier molecular flexibility index (Phi) is 10.3. The summed E-state index contributed by atoms with van der Waals surface area (Å²) in [6.07, 6.45) is 0. The van der Waals surface area contributed by atoms with E-state index < -0.39 is 0 Å². The molecule has 0 spiro atoms. The van der Waals surface area contributed by atoms with Crippen LogP contribution in [0.2, 0.25) is 0 Å². The van der Waals surface area contributed by atoms with E-state index in [1.54, 1.807) is 19.2 Å². The first-order valence-corrected chi connectivity index (χ1v) is 8.89. The van der Waals surface area contributed by atoms with Crippen LogP contribution in [0, 0.1) is 0 Å². The Labute approximate surface area is 180 Å². The van der Waals surface area contributed by atoms with Gasteiger partial charge in [-0.1, -0.05) is 46.3 Å². The molecular formula is C19H24BrIN4O. The average Bonchev–Trinajstić information content (AvgIpc) is 2.63. The van der Waals surface area contributed by atoms with Gasteiger partial charge in [0.25, 0.3) is 5.91 Å². The summed E-state index contributed by atoms with van der Waals surface area (Å²) < 4.78 is 0.955. The molecule has 2 N–H and O–H groups in total. The van der Waals surface area contributed by atoms with Gasteiger partial charge in [-0.05, 0) is 29.8 Å². The first-order chi connectivity index (χ1) is 12.1. The third kappa shape index (κ3) is 7.33. The summed E-state index contributed by atoms with van der Waals surface area (Å²) in [5, 5.41) is 6.16. The first-order valence-electron chi connectivity index (χ1n) is 8.09. The predicted octanol–water partition coefficient (Wildman–Crippen LogP) is 3.50. The summed E-state index contributed by atoms with van der Waals surface area (Å²) >= 11 is 3.36. The lowest BCUT2D eigenvalue weighted by Crippen LogP contribution is -2.42. The molecule has 2 rings (SSSR count). The summed E-state index contributed by atoms with van der Waals surface area (Å²) in [7, 11) is 3.74. The summed E-state index contributed by atoms with van der Waals surface area (Å²) in [4.78, 5) is 18.4. The fourth-order valence-electron chi connectivity index (χ4n) is 2.37. The first kappa shape index (κ1) is 22.4. The molecule has 140 valence electrons. The van der Waals surface area contributed by atoms with Crippen molar-refractivity contribution in [2.45, 2.75) is 6.54 Å². The molecule has 0 atom stereocenters. The molecule has 2 aromatic carbocycles. The van der Waals surface area contributed by atoms with Crippen LogP contribution >= 0.6 is 39.9 Å². The SMILES string of the molecule is CN=C(NCCNC(=O)c1ccc(Br)cc1)N(C)Cc1ccccc1.I. The molecule has 0 aliphatic carbocycles. The molecule has 0 radical (unpaired) electrons. The maximum Gasteiger partial charge on any atom is 0.251 e. The molecule has 7 heteroatoms. The van der Waals surface area contributed by atoms with E-state index in [-0.39, 0.29) is 29.9 Å². The Morgan fingerprint density at radius 1 is 1.04 bits per heavy atom. The number of benzene rings is 2. The Balaban J connectivity index is 0.00000338. The summed E-state index contributed by atoms with van der Waals surface area (Å²) in [5.41, 5.74) is 1.87. The van der Waals surface area contributed by atoms with Crippen LogP contribution in [-0.2, 0) is 6.54 Å². The highest BCUT2D eigenvalue weighted by Gasteiger charge is 2.07. The van der Waals surface area contributed by atoms with Gasteiger partial charge >= 0.3 is 0 Å². The van der Waals surface area contributed by atoms with Crippen LogP contribution < -0.4 is 10.6 Å². The van der Waals surface area contributed by atoms with E-state index in [0.29, 0.717) is 18.7 Å². The number of carbonyl (C=O) groups is 1. The Morgan fingerprint density at radius 2 is 1.65 bits per heavy atom. The zero-order valence-electron chi connectivity index (χ0n) is 14.9. The number of rotatable bonds is 6. The van der Waals surface area contributed by atoms with E-state index in [0.717, 1.165) is 17.0 Å². The Bertz CT molecular complexity index is 707. The minimum atomic E-state index is -0.0815. The molecular weight excluding hydrogens is 507 g/mol. The van der Waals surface area contributed by atoms with Gasteiger partial charge in [-0.2, -0.15) is 0 Å². The summed E-state index contributed by atoms with van der Waals surface area (Å²) in [6.45, 7) is 1.90. The van der Waals surface area contributed by atoms with E-state index in [1.165, 1.54) is 5.56 Å². The van der Waals surface area contributed by atoms with Gasteiger partial charge < -0.3 is 15.5 Å². The van der Waals surface area contributed by atoms with E-state index in [2.05, 4.69) is 43.7 Å². The monoisotopic (exact) mass is 530 g/mol. The topological polar surface area (TPSA) is 56.7 Å². The standard InChI is InChI=1S/C19H23BrN4O.HI/c1-21-19(24(2)14-15-6-4-3-5-7-15)23-13-12-22-18(25)16-8-10-17(20)11-9-16;/h3-11H,12-14H2,1-2H3,(H,21,23)(H,22,25);1H. The van der Waals surface area contributed by atoms with Gasteiger partial charge in [-0.3, -0.25) is 9.79 Å². The van der Waals surface area contributed by atoms with Gasteiger partial charge in [-0.15, -0.1) is 24.0 Å². The molecule has 0 aromatic heterocycles. The molecule has 0 saturated heterocycles. The van der Waals surface area contributed by atoms with Crippen LogP contribution in [0.4, 0.5) is 0 Å². The molecule has 0 heterocycles. The highest BCUT2D eigenvalue weighted by molar-refractivity contribution is 14.0. The Hall–Kier alpha value is -1.61. The van der Waals surface area contributed by atoms with Gasteiger partial charge in [0.2, 0.25) is 0 Å². The highest BCUT2D eigenvalue weighted by atomic mass is 127. The van der Waals surface area contributed by atoms with E-state index in [4.69, 9.17) is 0 Å². The number of aliphatic imine (C=N–C) groups is 1.